The van der Waals surface area contributed by atoms with Crippen LogP contribution >= 0.6 is 34.8 Å². The lowest BCUT2D eigenvalue weighted by Crippen LogP contribution is -2.52. The van der Waals surface area contributed by atoms with Crippen molar-refractivity contribution in [3.63, 3.8) is 0 Å². The number of ketones is 1. The Hall–Kier alpha value is -1.95. The Labute approximate surface area is 196 Å². The zero-order valence-electron chi connectivity index (χ0n) is 16.8. The topological polar surface area (TPSA) is 55.8 Å². The van der Waals surface area contributed by atoms with Gasteiger partial charge < -0.3 is 14.4 Å². The van der Waals surface area contributed by atoms with Crippen LogP contribution in [0.1, 0.15) is 42.5 Å². The van der Waals surface area contributed by atoms with Crippen LogP contribution in [-0.2, 0) is 4.79 Å². The second-order valence-corrected chi connectivity index (χ2v) is 9.16. The maximum atomic E-state index is 12.7. The van der Waals surface area contributed by atoms with Crippen LogP contribution in [0.15, 0.2) is 36.4 Å². The standard InChI is InChI=1S/C23H22Cl3NO4/c24-15-12-16-19(28)14-23(31-22(16)18(26)13-15)7-9-27(10-8-23)21(29)6-3-11-30-20-5-2-1-4-17(20)25/h1-2,4-5,12-13H,3,6-11,14H2. The Balaban J connectivity index is 1.29. The van der Waals surface area contributed by atoms with Gasteiger partial charge in [0.1, 0.15) is 17.1 Å². The Kier molecular flexibility index (Phi) is 6.65. The van der Waals surface area contributed by atoms with Gasteiger partial charge in [-0.25, -0.2) is 0 Å². The number of ether oxygens (including phenoxy) is 2. The number of hydrogen-bond acceptors (Lipinski definition) is 4. The summed E-state index contributed by atoms with van der Waals surface area (Å²) in [5.41, 5.74) is -0.189. The van der Waals surface area contributed by atoms with Crippen molar-refractivity contribution in [1.82, 2.24) is 4.90 Å². The van der Waals surface area contributed by atoms with E-state index in [1.165, 1.54) is 0 Å². The van der Waals surface area contributed by atoms with Crippen molar-refractivity contribution in [3.8, 4) is 11.5 Å². The van der Waals surface area contributed by atoms with Crippen LogP contribution in [0.25, 0.3) is 0 Å². The molecule has 2 aliphatic heterocycles. The largest absolute Gasteiger partial charge is 0.492 e. The number of amides is 1. The highest BCUT2D eigenvalue weighted by molar-refractivity contribution is 6.36. The first-order chi connectivity index (χ1) is 14.9. The van der Waals surface area contributed by atoms with Gasteiger partial charge in [0, 0.05) is 37.4 Å². The molecule has 31 heavy (non-hydrogen) atoms. The Bertz CT molecular complexity index is 1000. The van der Waals surface area contributed by atoms with E-state index < -0.39 is 5.60 Å². The second kappa shape index (κ2) is 9.27. The van der Waals surface area contributed by atoms with Crippen molar-refractivity contribution in [2.24, 2.45) is 0 Å². The Morgan fingerprint density at radius 1 is 1.10 bits per heavy atom. The average molecular weight is 483 g/mol. The first-order valence-corrected chi connectivity index (χ1v) is 11.4. The van der Waals surface area contributed by atoms with Crippen LogP contribution in [0.4, 0.5) is 0 Å². The van der Waals surface area contributed by atoms with Gasteiger partial charge in [-0.15, -0.1) is 0 Å². The number of carbonyl (C=O) groups excluding carboxylic acids is 2. The summed E-state index contributed by atoms with van der Waals surface area (Å²) in [5, 5.41) is 1.31. The molecule has 4 rings (SSSR count). The number of carbonyl (C=O) groups is 2. The lowest BCUT2D eigenvalue weighted by Gasteiger charge is -2.44. The molecule has 1 spiro atoms. The van der Waals surface area contributed by atoms with Gasteiger partial charge in [-0.1, -0.05) is 46.9 Å². The summed E-state index contributed by atoms with van der Waals surface area (Å²) in [6, 6.07) is 10.4. The van der Waals surface area contributed by atoms with E-state index in [-0.39, 0.29) is 18.1 Å². The molecule has 5 nitrogen and oxygen atoms in total. The Morgan fingerprint density at radius 2 is 1.84 bits per heavy atom. The molecule has 0 radical (unpaired) electrons. The fourth-order valence-electron chi connectivity index (χ4n) is 4.08. The number of fused-ring (bicyclic) bond motifs is 1. The molecule has 2 aliphatic rings. The van der Waals surface area contributed by atoms with E-state index in [1.807, 2.05) is 17.0 Å². The summed E-state index contributed by atoms with van der Waals surface area (Å²) >= 11 is 18.4. The molecule has 2 aromatic rings. The van der Waals surface area contributed by atoms with Gasteiger partial charge in [-0.3, -0.25) is 9.59 Å². The molecule has 2 aromatic carbocycles. The van der Waals surface area contributed by atoms with E-state index in [9.17, 15) is 9.59 Å². The van der Waals surface area contributed by atoms with E-state index in [0.717, 1.165) is 0 Å². The zero-order valence-corrected chi connectivity index (χ0v) is 19.1. The maximum Gasteiger partial charge on any atom is 0.222 e. The number of halogens is 3. The van der Waals surface area contributed by atoms with Crippen molar-refractivity contribution < 1.29 is 19.1 Å². The highest BCUT2D eigenvalue weighted by atomic mass is 35.5. The molecule has 2 heterocycles. The van der Waals surface area contributed by atoms with E-state index in [4.69, 9.17) is 44.3 Å². The van der Waals surface area contributed by atoms with Crippen molar-refractivity contribution in [2.45, 2.75) is 37.7 Å². The van der Waals surface area contributed by atoms with Gasteiger partial charge in [0.2, 0.25) is 5.91 Å². The van der Waals surface area contributed by atoms with Gasteiger partial charge in [-0.2, -0.15) is 0 Å². The monoisotopic (exact) mass is 481 g/mol. The maximum absolute atomic E-state index is 12.7. The number of Topliss-reactive ketones (excluding diaryl/α,β-unsaturated/α-hetero) is 1. The Morgan fingerprint density at radius 3 is 2.58 bits per heavy atom. The number of nitrogens with zero attached hydrogens (tertiary/aromatic N) is 1. The summed E-state index contributed by atoms with van der Waals surface area (Å²) in [6.07, 6.45) is 2.43. The van der Waals surface area contributed by atoms with Crippen LogP contribution in [0, 0.1) is 0 Å². The van der Waals surface area contributed by atoms with Gasteiger partial charge in [0.15, 0.2) is 5.78 Å². The molecule has 1 amide bonds. The highest BCUT2D eigenvalue weighted by Crippen LogP contribution is 2.44. The molecular formula is C23H22Cl3NO4. The minimum absolute atomic E-state index is 0.0258. The normalized spacial score (nSPS) is 17.3. The molecule has 0 saturated carbocycles. The zero-order chi connectivity index (χ0) is 22.0. The molecule has 1 fully saturated rings. The number of para-hydroxylation sites is 1. The predicted octanol–water partition coefficient (Wildman–Crippen LogP) is 5.83. The van der Waals surface area contributed by atoms with Crippen LogP contribution in [0.2, 0.25) is 15.1 Å². The van der Waals surface area contributed by atoms with Gasteiger partial charge >= 0.3 is 0 Å². The first-order valence-electron chi connectivity index (χ1n) is 10.2. The van der Waals surface area contributed by atoms with Crippen LogP contribution in [0.3, 0.4) is 0 Å². The summed E-state index contributed by atoms with van der Waals surface area (Å²) in [4.78, 5) is 27.1. The van der Waals surface area contributed by atoms with Gasteiger partial charge in [0.25, 0.3) is 0 Å². The molecule has 0 aromatic heterocycles. The molecule has 0 bridgehead atoms. The van der Waals surface area contributed by atoms with Crippen molar-refractivity contribution in [3.05, 3.63) is 57.0 Å². The number of piperidine rings is 1. The predicted molar refractivity (Wildman–Crippen MR) is 121 cm³/mol. The van der Waals surface area contributed by atoms with Crippen molar-refractivity contribution in [1.29, 1.82) is 0 Å². The number of likely N-dealkylation sites (tertiary alicyclic amines) is 1. The highest BCUT2D eigenvalue weighted by Gasteiger charge is 2.44. The number of benzene rings is 2. The van der Waals surface area contributed by atoms with Crippen molar-refractivity contribution in [2.75, 3.05) is 19.7 Å². The molecule has 164 valence electrons. The van der Waals surface area contributed by atoms with Gasteiger partial charge in [-0.05, 0) is 30.7 Å². The fourth-order valence-corrected chi connectivity index (χ4v) is 4.80. The average Bonchev–Trinajstić information content (AvgIpc) is 2.74. The van der Waals surface area contributed by atoms with E-state index in [2.05, 4.69) is 0 Å². The third kappa shape index (κ3) is 4.94. The molecular weight excluding hydrogens is 461 g/mol. The minimum atomic E-state index is -0.620. The van der Waals surface area contributed by atoms with E-state index in [0.29, 0.717) is 77.5 Å². The minimum Gasteiger partial charge on any atom is -0.492 e. The van der Waals surface area contributed by atoms with Gasteiger partial charge in [0.05, 0.1) is 28.6 Å². The third-order valence-corrected chi connectivity index (χ3v) is 6.58. The fraction of sp³-hybridized carbons (Fsp3) is 0.391. The molecule has 1 saturated heterocycles. The van der Waals surface area contributed by atoms with E-state index in [1.54, 1.807) is 24.3 Å². The summed E-state index contributed by atoms with van der Waals surface area (Å²) in [7, 11) is 0. The van der Waals surface area contributed by atoms with Crippen molar-refractivity contribution >= 4 is 46.5 Å². The molecule has 0 N–H and O–H groups in total. The molecule has 0 atom stereocenters. The van der Waals surface area contributed by atoms with Crippen LogP contribution < -0.4 is 9.47 Å². The quantitative estimate of drug-likeness (QED) is 0.503. The summed E-state index contributed by atoms with van der Waals surface area (Å²) in [6.45, 7) is 1.50. The van der Waals surface area contributed by atoms with Crippen LogP contribution in [0.5, 0.6) is 11.5 Å². The molecule has 0 aliphatic carbocycles. The van der Waals surface area contributed by atoms with E-state index >= 15 is 0 Å². The summed E-state index contributed by atoms with van der Waals surface area (Å²) < 4.78 is 11.9. The number of rotatable bonds is 5. The second-order valence-electron chi connectivity index (χ2n) is 7.91. The molecule has 8 heteroatoms. The smallest absolute Gasteiger partial charge is 0.222 e. The molecule has 0 unspecified atom stereocenters. The van der Waals surface area contributed by atoms with Crippen LogP contribution in [-0.4, -0.2) is 41.9 Å². The lowest BCUT2D eigenvalue weighted by molar-refractivity contribution is -0.135. The first kappa shape index (κ1) is 22.3. The lowest BCUT2D eigenvalue weighted by atomic mass is 9.82. The third-order valence-electron chi connectivity index (χ3n) is 5.77. The summed E-state index contributed by atoms with van der Waals surface area (Å²) in [5.74, 6) is 1.07. The SMILES string of the molecule is O=C1CC2(CCN(C(=O)CCCOc3ccccc3Cl)CC2)Oc2c(Cl)cc(Cl)cc21. The number of hydrogen-bond donors (Lipinski definition) is 0.